The molecule has 62 valence electrons. The largest absolute Gasteiger partial charge is 0.395 e. The summed E-state index contributed by atoms with van der Waals surface area (Å²) in [5, 5.41) is 3.99. The van der Waals surface area contributed by atoms with Crippen LogP contribution in [0.1, 0.15) is 19.8 Å². The van der Waals surface area contributed by atoms with Crippen LogP contribution in [0.3, 0.4) is 0 Å². The first kappa shape index (κ1) is 7.10. The highest BCUT2D eigenvalue weighted by atomic mass is 16.6. The molecule has 2 aliphatic heterocycles. The van der Waals surface area contributed by atoms with Gasteiger partial charge in [-0.05, 0) is 6.42 Å². The highest BCUT2D eigenvalue weighted by Crippen LogP contribution is 2.22. The van der Waals surface area contributed by atoms with E-state index in [-0.39, 0.29) is 0 Å². The monoisotopic (exact) mass is 155 g/mol. The molecule has 0 spiro atoms. The number of nitrogens with zero attached hydrogens (tertiary/aromatic N) is 1. The molecule has 11 heavy (non-hydrogen) atoms. The minimum absolute atomic E-state index is 0.381. The van der Waals surface area contributed by atoms with Crippen molar-refractivity contribution in [1.29, 1.82) is 0 Å². The van der Waals surface area contributed by atoms with E-state index in [1.807, 2.05) is 0 Å². The summed E-state index contributed by atoms with van der Waals surface area (Å²) < 4.78 is 5.58. The molecule has 2 heterocycles. The summed E-state index contributed by atoms with van der Waals surface area (Å²) >= 11 is 0. The maximum absolute atomic E-state index is 5.58. The minimum Gasteiger partial charge on any atom is -0.395 e. The Labute approximate surface area is 66.4 Å². The zero-order valence-electron chi connectivity index (χ0n) is 6.75. The number of rotatable bonds is 1. The molecule has 0 bridgehead atoms. The summed E-state index contributed by atoms with van der Waals surface area (Å²) in [5.74, 6) is 0.456. The van der Waals surface area contributed by atoms with Crippen LogP contribution >= 0.6 is 0 Å². The maximum atomic E-state index is 5.58. The highest BCUT2D eigenvalue weighted by Gasteiger charge is 2.30. The van der Waals surface area contributed by atoms with Crippen molar-refractivity contribution in [3.05, 3.63) is 0 Å². The number of hydrogen-bond acceptors (Lipinski definition) is 3. The second-order valence-corrected chi connectivity index (χ2v) is 3.14. The Bertz CT molecular complexity index is 179. The van der Waals surface area contributed by atoms with Crippen molar-refractivity contribution in [1.82, 2.24) is 0 Å². The van der Waals surface area contributed by atoms with E-state index in [9.17, 15) is 0 Å². The van der Waals surface area contributed by atoms with E-state index in [1.165, 1.54) is 5.71 Å². The zero-order valence-corrected chi connectivity index (χ0v) is 6.75. The van der Waals surface area contributed by atoms with Crippen molar-refractivity contribution in [2.75, 3.05) is 13.2 Å². The summed E-state index contributed by atoms with van der Waals surface area (Å²) in [5.41, 5.74) is 1.21. The second-order valence-electron chi connectivity index (χ2n) is 3.14. The predicted molar refractivity (Wildman–Crippen MR) is 41.5 cm³/mol. The number of hydrogen-bond donors (Lipinski definition) is 0. The van der Waals surface area contributed by atoms with Crippen LogP contribution in [-0.4, -0.2) is 25.0 Å². The maximum Gasteiger partial charge on any atom is 0.127 e. The molecule has 0 amide bonds. The summed E-state index contributed by atoms with van der Waals surface area (Å²) in [4.78, 5) is 4.99. The van der Waals surface area contributed by atoms with Gasteiger partial charge >= 0.3 is 0 Å². The zero-order chi connectivity index (χ0) is 7.68. The quantitative estimate of drug-likeness (QED) is 0.569. The van der Waals surface area contributed by atoms with Gasteiger partial charge in [-0.1, -0.05) is 12.1 Å². The van der Waals surface area contributed by atoms with Crippen molar-refractivity contribution in [2.45, 2.75) is 25.9 Å². The molecule has 0 N–H and O–H groups in total. The molecule has 1 saturated heterocycles. The predicted octanol–water partition coefficient (Wildman–Crippen LogP) is 1.19. The van der Waals surface area contributed by atoms with Gasteiger partial charge in [-0.15, -0.1) is 0 Å². The van der Waals surface area contributed by atoms with E-state index in [0.29, 0.717) is 12.0 Å². The third kappa shape index (κ3) is 1.25. The van der Waals surface area contributed by atoms with Crippen LogP contribution in [-0.2, 0) is 9.57 Å². The fourth-order valence-electron chi connectivity index (χ4n) is 1.54. The lowest BCUT2D eigenvalue weighted by molar-refractivity contribution is 0.0189. The van der Waals surface area contributed by atoms with Crippen molar-refractivity contribution in [3.8, 4) is 0 Å². The molecule has 3 heteroatoms. The molecule has 0 unspecified atom stereocenters. The van der Waals surface area contributed by atoms with Crippen LogP contribution < -0.4 is 0 Å². The van der Waals surface area contributed by atoms with Crippen molar-refractivity contribution in [2.24, 2.45) is 11.1 Å². The molecule has 0 saturated carbocycles. The Kier molecular flexibility index (Phi) is 1.82. The normalized spacial score (nSPS) is 35.9. The Morgan fingerprint density at radius 3 is 3.27 bits per heavy atom. The summed E-state index contributed by atoms with van der Waals surface area (Å²) in [6, 6.07) is 0. The fourth-order valence-corrected chi connectivity index (χ4v) is 1.54. The van der Waals surface area contributed by atoms with Crippen LogP contribution in [0.2, 0.25) is 0 Å². The van der Waals surface area contributed by atoms with Crippen LogP contribution in [0.4, 0.5) is 0 Å². The van der Waals surface area contributed by atoms with Gasteiger partial charge in [0.05, 0.1) is 24.3 Å². The molecule has 2 atom stereocenters. The first-order valence-corrected chi connectivity index (χ1v) is 4.20. The molecule has 0 aromatic carbocycles. The van der Waals surface area contributed by atoms with Crippen molar-refractivity contribution < 1.29 is 9.57 Å². The summed E-state index contributed by atoms with van der Waals surface area (Å²) in [7, 11) is 0. The molecule has 0 aliphatic carbocycles. The minimum atomic E-state index is 0.381. The van der Waals surface area contributed by atoms with Gasteiger partial charge in [0, 0.05) is 6.42 Å². The average molecular weight is 155 g/mol. The van der Waals surface area contributed by atoms with E-state index >= 15 is 0 Å². The van der Waals surface area contributed by atoms with Crippen LogP contribution in [0, 0.1) is 5.92 Å². The molecular formula is C8H13NO2. The smallest absolute Gasteiger partial charge is 0.127 e. The van der Waals surface area contributed by atoms with Crippen LogP contribution in [0.15, 0.2) is 5.16 Å². The lowest BCUT2D eigenvalue weighted by atomic mass is 9.96. The number of fused-ring (bicyclic) bond motifs is 1. The lowest BCUT2D eigenvalue weighted by Gasteiger charge is -2.24. The average Bonchev–Trinajstić information content (AvgIpc) is 2.50. The summed E-state index contributed by atoms with van der Waals surface area (Å²) in [6.45, 7) is 3.67. The van der Waals surface area contributed by atoms with Gasteiger partial charge in [0.1, 0.15) is 6.61 Å². The SMILES string of the molecule is CC[C@H]1CC2=NOC[C@@H]2CO1. The van der Waals surface area contributed by atoms with Crippen LogP contribution in [0.5, 0.6) is 0 Å². The van der Waals surface area contributed by atoms with E-state index in [1.54, 1.807) is 0 Å². The fraction of sp³-hybridized carbons (Fsp3) is 0.875. The van der Waals surface area contributed by atoms with Gasteiger partial charge in [0.2, 0.25) is 0 Å². The number of ether oxygens (including phenoxy) is 1. The molecule has 0 aromatic heterocycles. The molecule has 2 rings (SSSR count). The first-order valence-electron chi connectivity index (χ1n) is 4.20. The molecule has 0 radical (unpaired) electrons. The second kappa shape index (κ2) is 2.81. The summed E-state index contributed by atoms with van der Waals surface area (Å²) in [6.07, 6.45) is 2.43. The van der Waals surface area contributed by atoms with Gasteiger partial charge < -0.3 is 9.57 Å². The van der Waals surface area contributed by atoms with Crippen molar-refractivity contribution in [3.63, 3.8) is 0 Å². The van der Waals surface area contributed by atoms with Crippen molar-refractivity contribution >= 4 is 5.71 Å². The van der Waals surface area contributed by atoms with Gasteiger partial charge in [0.15, 0.2) is 0 Å². The highest BCUT2D eigenvalue weighted by molar-refractivity contribution is 5.88. The molecule has 0 aromatic rings. The van der Waals surface area contributed by atoms with E-state index < -0.39 is 0 Å². The Balaban J connectivity index is 2.00. The Morgan fingerprint density at radius 2 is 2.45 bits per heavy atom. The van der Waals surface area contributed by atoms with Crippen LogP contribution in [0.25, 0.3) is 0 Å². The van der Waals surface area contributed by atoms with E-state index in [4.69, 9.17) is 9.57 Å². The van der Waals surface area contributed by atoms with Gasteiger partial charge in [-0.2, -0.15) is 0 Å². The van der Waals surface area contributed by atoms with E-state index in [2.05, 4.69) is 12.1 Å². The molecule has 2 aliphatic rings. The lowest BCUT2D eigenvalue weighted by Crippen LogP contribution is -2.32. The molecule has 1 fully saturated rings. The third-order valence-electron chi connectivity index (χ3n) is 2.35. The number of oxime groups is 1. The van der Waals surface area contributed by atoms with Gasteiger partial charge in [-0.25, -0.2) is 0 Å². The topological polar surface area (TPSA) is 30.8 Å². The van der Waals surface area contributed by atoms with E-state index in [0.717, 1.165) is 26.1 Å². The van der Waals surface area contributed by atoms with Gasteiger partial charge in [0.25, 0.3) is 0 Å². The third-order valence-corrected chi connectivity index (χ3v) is 2.35. The molecular weight excluding hydrogens is 142 g/mol. The van der Waals surface area contributed by atoms with Gasteiger partial charge in [-0.3, -0.25) is 0 Å². The molecule has 3 nitrogen and oxygen atoms in total. The Morgan fingerprint density at radius 1 is 1.55 bits per heavy atom. The Hall–Kier alpha value is -0.570. The standard InChI is InChI=1S/C8H13NO2/c1-2-7-3-8-6(4-10-7)5-11-9-8/h6-7H,2-5H2,1H3/t6-,7-/m0/s1. The first-order chi connectivity index (χ1) is 5.40.